The van der Waals surface area contributed by atoms with E-state index < -0.39 is 0 Å². The lowest BCUT2D eigenvalue weighted by Gasteiger charge is -2.15. The van der Waals surface area contributed by atoms with Gasteiger partial charge in [-0.3, -0.25) is 0 Å². The first-order valence-corrected chi connectivity index (χ1v) is 7.32. The Labute approximate surface area is 117 Å². The van der Waals surface area contributed by atoms with Gasteiger partial charge in [0.15, 0.2) is 0 Å². The summed E-state index contributed by atoms with van der Waals surface area (Å²) in [6, 6.07) is 0.279. The molecular formula is C15H29N3O. The average Bonchev–Trinajstić information content (AvgIpc) is 2.65. The van der Waals surface area contributed by atoms with Crippen LogP contribution in [0.25, 0.3) is 0 Å². The summed E-state index contributed by atoms with van der Waals surface area (Å²) in [5, 5.41) is 3.41. The van der Waals surface area contributed by atoms with Crippen molar-refractivity contribution in [2.75, 3.05) is 19.0 Å². The lowest BCUT2D eigenvalue weighted by molar-refractivity contribution is 0.190. The smallest absolute Gasteiger partial charge is 0.203 e. The predicted octanol–water partition coefficient (Wildman–Crippen LogP) is 3.46. The fourth-order valence-electron chi connectivity index (χ4n) is 2.18. The number of ether oxygens (including phenoxy) is 1. The van der Waals surface area contributed by atoms with Crippen molar-refractivity contribution in [1.29, 1.82) is 0 Å². The maximum atomic E-state index is 5.15. The van der Waals surface area contributed by atoms with Gasteiger partial charge in [0, 0.05) is 25.9 Å². The van der Waals surface area contributed by atoms with Crippen molar-refractivity contribution in [2.45, 2.75) is 59.5 Å². The number of anilines is 1. The van der Waals surface area contributed by atoms with Gasteiger partial charge in [-0.2, -0.15) is 0 Å². The summed E-state index contributed by atoms with van der Waals surface area (Å²) < 4.78 is 7.37. The van der Waals surface area contributed by atoms with Crippen molar-refractivity contribution in [3.8, 4) is 0 Å². The molecule has 1 atom stereocenters. The van der Waals surface area contributed by atoms with E-state index in [0.717, 1.165) is 24.1 Å². The molecule has 0 aliphatic carbocycles. The average molecular weight is 267 g/mol. The first kappa shape index (κ1) is 16.0. The fraction of sp³-hybridized carbons (Fsp3) is 0.800. The van der Waals surface area contributed by atoms with Crippen molar-refractivity contribution >= 4 is 5.95 Å². The standard InChI is InChI=1S/C15H29N3O/c1-12(2)8-6-7-9-18-10-13(3)16-15(18)17-14(4)11-19-5/h10,12,14H,6-9,11H2,1-5H3,(H,16,17). The Hall–Kier alpha value is -1.03. The number of hydrogen-bond acceptors (Lipinski definition) is 3. The van der Waals surface area contributed by atoms with Crippen LogP contribution in [0.3, 0.4) is 0 Å². The molecule has 0 bridgehead atoms. The number of nitrogens with zero attached hydrogens (tertiary/aromatic N) is 2. The minimum absolute atomic E-state index is 0.279. The number of aromatic nitrogens is 2. The van der Waals surface area contributed by atoms with Crippen molar-refractivity contribution < 1.29 is 4.74 Å². The molecule has 1 aromatic heterocycles. The number of hydrogen-bond donors (Lipinski definition) is 1. The van der Waals surface area contributed by atoms with Crippen LogP contribution in [-0.4, -0.2) is 29.3 Å². The third kappa shape index (κ3) is 6.10. The highest BCUT2D eigenvalue weighted by atomic mass is 16.5. The third-order valence-electron chi connectivity index (χ3n) is 3.12. The largest absolute Gasteiger partial charge is 0.383 e. The Balaban J connectivity index is 2.48. The number of imidazole rings is 1. The topological polar surface area (TPSA) is 39.1 Å². The van der Waals surface area contributed by atoms with Gasteiger partial charge in [-0.25, -0.2) is 4.98 Å². The van der Waals surface area contributed by atoms with Gasteiger partial charge in [0.25, 0.3) is 0 Å². The molecule has 4 heteroatoms. The predicted molar refractivity (Wildman–Crippen MR) is 80.6 cm³/mol. The summed E-state index contributed by atoms with van der Waals surface area (Å²) in [5.41, 5.74) is 1.07. The van der Waals surface area contributed by atoms with Gasteiger partial charge in [0.05, 0.1) is 12.3 Å². The number of rotatable bonds is 9. The van der Waals surface area contributed by atoms with E-state index in [-0.39, 0.29) is 6.04 Å². The normalized spacial score (nSPS) is 12.9. The molecule has 0 aromatic carbocycles. The van der Waals surface area contributed by atoms with Crippen LogP contribution in [0, 0.1) is 12.8 Å². The van der Waals surface area contributed by atoms with E-state index in [1.165, 1.54) is 19.3 Å². The quantitative estimate of drug-likeness (QED) is 0.696. The Bertz CT molecular complexity index is 360. The van der Waals surface area contributed by atoms with Crippen LogP contribution in [-0.2, 0) is 11.3 Å². The molecule has 1 unspecified atom stereocenters. The fourth-order valence-corrected chi connectivity index (χ4v) is 2.18. The summed E-state index contributed by atoms with van der Waals surface area (Å²) in [6.45, 7) is 10.4. The van der Waals surface area contributed by atoms with E-state index in [2.05, 4.69) is 41.8 Å². The molecule has 1 rings (SSSR count). The number of nitrogens with one attached hydrogen (secondary N) is 1. The van der Waals surface area contributed by atoms with Gasteiger partial charge >= 0.3 is 0 Å². The van der Waals surface area contributed by atoms with Crippen LogP contribution >= 0.6 is 0 Å². The van der Waals surface area contributed by atoms with Crippen molar-refractivity contribution in [3.05, 3.63) is 11.9 Å². The highest BCUT2D eigenvalue weighted by Gasteiger charge is 2.08. The molecule has 1 N–H and O–H groups in total. The first-order valence-electron chi connectivity index (χ1n) is 7.32. The molecule has 1 aromatic rings. The van der Waals surface area contributed by atoms with E-state index in [4.69, 9.17) is 4.74 Å². The lowest BCUT2D eigenvalue weighted by atomic mass is 10.1. The Morgan fingerprint density at radius 3 is 2.68 bits per heavy atom. The Morgan fingerprint density at radius 2 is 2.05 bits per heavy atom. The Kier molecular flexibility index (Phi) is 6.92. The molecule has 0 aliphatic heterocycles. The molecule has 0 amide bonds. The van der Waals surface area contributed by atoms with E-state index >= 15 is 0 Å². The van der Waals surface area contributed by atoms with Crippen LogP contribution in [0.1, 0.15) is 45.7 Å². The number of methoxy groups -OCH3 is 1. The second-order valence-electron chi connectivity index (χ2n) is 5.79. The minimum Gasteiger partial charge on any atom is -0.383 e. The highest BCUT2D eigenvalue weighted by molar-refractivity contribution is 5.29. The van der Waals surface area contributed by atoms with Gasteiger partial charge in [-0.1, -0.05) is 26.7 Å². The van der Waals surface area contributed by atoms with E-state index in [1.54, 1.807) is 7.11 Å². The SMILES string of the molecule is COCC(C)Nc1nc(C)cn1CCCCC(C)C. The molecule has 0 saturated heterocycles. The summed E-state index contributed by atoms with van der Waals surface area (Å²) in [4.78, 5) is 4.54. The van der Waals surface area contributed by atoms with Crippen molar-refractivity contribution in [1.82, 2.24) is 9.55 Å². The maximum absolute atomic E-state index is 5.15. The van der Waals surface area contributed by atoms with Crippen LogP contribution in [0.5, 0.6) is 0 Å². The van der Waals surface area contributed by atoms with Gasteiger partial charge < -0.3 is 14.6 Å². The van der Waals surface area contributed by atoms with Crippen LogP contribution in [0.15, 0.2) is 6.20 Å². The molecule has 0 spiro atoms. The molecule has 0 fully saturated rings. The monoisotopic (exact) mass is 267 g/mol. The van der Waals surface area contributed by atoms with E-state index in [1.807, 2.05) is 6.92 Å². The summed E-state index contributed by atoms with van der Waals surface area (Å²) in [5.74, 6) is 1.76. The van der Waals surface area contributed by atoms with Gasteiger partial charge in [-0.05, 0) is 26.2 Å². The number of aryl methyl sites for hydroxylation is 2. The molecule has 0 saturated carbocycles. The third-order valence-corrected chi connectivity index (χ3v) is 3.12. The first-order chi connectivity index (χ1) is 9.02. The van der Waals surface area contributed by atoms with Crippen molar-refractivity contribution in [2.24, 2.45) is 5.92 Å². The molecular weight excluding hydrogens is 238 g/mol. The molecule has 0 aliphatic rings. The summed E-state index contributed by atoms with van der Waals surface area (Å²) in [7, 11) is 1.72. The van der Waals surface area contributed by atoms with E-state index in [0.29, 0.717) is 6.61 Å². The van der Waals surface area contributed by atoms with Crippen LogP contribution in [0.4, 0.5) is 5.95 Å². The molecule has 1 heterocycles. The molecule has 19 heavy (non-hydrogen) atoms. The zero-order valence-electron chi connectivity index (χ0n) is 13.1. The van der Waals surface area contributed by atoms with E-state index in [9.17, 15) is 0 Å². The van der Waals surface area contributed by atoms with Crippen LogP contribution < -0.4 is 5.32 Å². The van der Waals surface area contributed by atoms with Crippen LogP contribution in [0.2, 0.25) is 0 Å². The zero-order chi connectivity index (χ0) is 14.3. The zero-order valence-corrected chi connectivity index (χ0v) is 13.1. The lowest BCUT2D eigenvalue weighted by Crippen LogP contribution is -2.23. The highest BCUT2D eigenvalue weighted by Crippen LogP contribution is 2.13. The number of unbranched alkanes of at least 4 members (excludes halogenated alkanes) is 1. The molecule has 4 nitrogen and oxygen atoms in total. The second-order valence-corrected chi connectivity index (χ2v) is 5.79. The molecule has 0 radical (unpaired) electrons. The summed E-state index contributed by atoms with van der Waals surface area (Å²) in [6.07, 6.45) is 5.91. The molecule has 110 valence electrons. The van der Waals surface area contributed by atoms with Gasteiger partial charge in [0.1, 0.15) is 0 Å². The second kappa shape index (κ2) is 8.20. The Morgan fingerprint density at radius 1 is 1.32 bits per heavy atom. The minimum atomic E-state index is 0.279. The summed E-state index contributed by atoms with van der Waals surface area (Å²) >= 11 is 0. The van der Waals surface area contributed by atoms with Crippen molar-refractivity contribution in [3.63, 3.8) is 0 Å². The van der Waals surface area contributed by atoms with Gasteiger partial charge in [0.2, 0.25) is 5.95 Å². The van der Waals surface area contributed by atoms with Gasteiger partial charge in [-0.15, -0.1) is 0 Å². The maximum Gasteiger partial charge on any atom is 0.203 e.